The molecule has 0 saturated carbocycles. The summed E-state index contributed by atoms with van der Waals surface area (Å²) in [5.41, 5.74) is 5.57. The maximum Gasteiger partial charge on any atom is 0.171 e. The van der Waals surface area contributed by atoms with Gasteiger partial charge in [-0.05, 0) is 12.1 Å². The van der Waals surface area contributed by atoms with E-state index in [9.17, 15) is 4.39 Å². The molecule has 1 aromatic carbocycles. The van der Waals surface area contributed by atoms with Crippen molar-refractivity contribution < 1.29 is 14.2 Å². The first kappa shape index (κ1) is 11.2. The minimum Gasteiger partial charge on any atom is -0.494 e. The quantitative estimate of drug-likeness (QED) is 0.810. The van der Waals surface area contributed by atoms with Gasteiger partial charge in [0.2, 0.25) is 0 Å². The van der Waals surface area contributed by atoms with Crippen molar-refractivity contribution in [3.63, 3.8) is 0 Å². The molecule has 0 aromatic heterocycles. The number of hydrogen-bond acceptors (Lipinski definition) is 3. The van der Waals surface area contributed by atoms with E-state index in [1.807, 2.05) is 0 Å². The molecule has 0 saturated heterocycles. The maximum atomic E-state index is 13.6. The van der Waals surface area contributed by atoms with Crippen LogP contribution in [-0.4, -0.2) is 18.8 Å². The van der Waals surface area contributed by atoms with Crippen LogP contribution in [0.3, 0.4) is 0 Å². The van der Waals surface area contributed by atoms with E-state index in [-0.39, 0.29) is 22.9 Å². The Balaban J connectivity index is 3.25. The van der Waals surface area contributed by atoms with Crippen LogP contribution in [0, 0.1) is 5.82 Å². The van der Waals surface area contributed by atoms with Gasteiger partial charge in [-0.2, -0.15) is 0 Å². The molecule has 0 bridgehead atoms. The van der Waals surface area contributed by atoms with Gasteiger partial charge in [0, 0.05) is 10.6 Å². The number of halogens is 2. The van der Waals surface area contributed by atoms with Crippen LogP contribution in [0.1, 0.15) is 11.6 Å². The van der Waals surface area contributed by atoms with Crippen LogP contribution in [0.4, 0.5) is 4.39 Å². The number of rotatable bonds is 3. The lowest BCUT2D eigenvalue weighted by Gasteiger charge is -2.13. The first-order valence-electron chi connectivity index (χ1n) is 4.00. The van der Waals surface area contributed by atoms with Gasteiger partial charge in [-0.15, -0.1) is 0 Å². The summed E-state index contributed by atoms with van der Waals surface area (Å²) in [4.78, 5) is 0. The highest BCUT2D eigenvalue weighted by Gasteiger charge is 2.18. The highest BCUT2D eigenvalue weighted by atomic mass is 35.5. The third kappa shape index (κ3) is 1.97. The van der Waals surface area contributed by atoms with E-state index in [4.69, 9.17) is 27.2 Å². The van der Waals surface area contributed by atoms with Crippen molar-refractivity contribution >= 4 is 11.6 Å². The van der Waals surface area contributed by atoms with E-state index < -0.39 is 11.9 Å². The molecule has 0 heterocycles. The Hall–Kier alpha value is -0.840. The number of aliphatic hydroxyl groups is 1. The van der Waals surface area contributed by atoms with Crippen LogP contribution >= 0.6 is 11.6 Å². The fraction of sp³-hybridized carbons (Fsp3) is 0.333. The molecule has 0 spiro atoms. The molecule has 5 heteroatoms. The fourth-order valence-electron chi connectivity index (χ4n) is 1.14. The monoisotopic (exact) mass is 219 g/mol. The summed E-state index contributed by atoms with van der Waals surface area (Å²) in [6, 6.07) is 2.05. The Labute approximate surface area is 86.2 Å². The SMILES string of the molecule is COc1ccc(Cl)c(C(N)CO)c1F. The largest absolute Gasteiger partial charge is 0.494 e. The molecule has 14 heavy (non-hydrogen) atoms. The first-order valence-corrected chi connectivity index (χ1v) is 4.38. The number of methoxy groups -OCH3 is 1. The molecule has 1 aromatic rings. The van der Waals surface area contributed by atoms with Gasteiger partial charge in [-0.1, -0.05) is 11.6 Å². The molecule has 0 aliphatic rings. The van der Waals surface area contributed by atoms with Crippen LogP contribution in [0.15, 0.2) is 12.1 Å². The predicted molar refractivity (Wildman–Crippen MR) is 52.0 cm³/mol. The Morgan fingerprint density at radius 2 is 2.29 bits per heavy atom. The smallest absolute Gasteiger partial charge is 0.171 e. The van der Waals surface area contributed by atoms with E-state index in [2.05, 4.69) is 0 Å². The standard InChI is InChI=1S/C9H11ClFNO2/c1-14-7-3-2-5(10)8(9(7)11)6(12)4-13/h2-3,6,13H,4,12H2,1H3. The molecule has 1 unspecified atom stereocenters. The first-order chi connectivity index (χ1) is 6.61. The summed E-state index contributed by atoms with van der Waals surface area (Å²) in [7, 11) is 1.35. The zero-order valence-electron chi connectivity index (χ0n) is 7.63. The van der Waals surface area contributed by atoms with Crippen molar-refractivity contribution in [2.45, 2.75) is 6.04 Å². The average Bonchev–Trinajstić information content (AvgIpc) is 2.18. The lowest BCUT2D eigenvalue weighted by Crippen LogP contribution is -2.17. The van der Waals surface area contributed by atoms with Gasteiger partial charge >= 0.3 is 0 Å². The van der Waals surface area contributed by atoms with Gasteiger partial charge < -0.3 is 15.6 Å². The minimum atomic E-state index is -0.836. The highest BCUT2D eigenvalue weighted by Crippen LogP contribution is 2.30. The number of aliphatic hydroxyl groups excluding tert-OH is 1. The topological polar surface area (TPSA) is 55.5 Å². The lowest BCUT2D eigenvalue weighted by atomic mass is 10.1. The molecule has 1 atom stereocenters. The van der Waals surface area contributed by atoms with Gasteiger partial charge in [0.25, 0.3) is 0 Å². The maximum absolute atomic E-state index is 13.6. The molecular formula is C9H11ClFNO2. The third-order valence-electron chi connectivity index (χ3n) is 1.88. The number of nitrogens with two attached hydrogens (primary N) is 1. The van der Waals surface area contributed by atoms with Gasteiger partial charge in [0.15, 0.2) is 11.6 Å². The predicted octanol–water partition coefficient (Wildman–Crippen LogP) is 1.48. The van der Waals surface area contributed by atoms with E-state index in [1.165, 1.54) is 19.2 Å². The van der Waals surface area contributed by atoms with Gasteiger partial charge in [-0.3, -0.25) is 0 Å². The molecule has 78 valence electrons. The molecule has 0 fully saturated rings. The molecule has 3 nitrogen and oxygen atoms in total. The Bertz CT molecular complexity index is 333. The van der Waals surface area contributed by atoms with Crippen molar-refractivity contribution in [1.82, 2.24) is 0 Å². The van der Waals surface area contributed by atoms with Gasteiger partial charge in [-0.25, -0.2) is 4.39 Å². The Morgan fingerprint density at radius 3 is 2.79 bits per heavy atom. The molecule has 0 aliphatic carbocycles. The molecule has 0 radical (unpaired) electrons. The van der Waals surface area contributed by atoms with E-state index in [0.717, 1.165) is 0 Å². The number of hydrogen-bond donors (Lipinski definition) is 2. The van der Waals surface area contributed by atoms with Crippen LogP contribution in [0.2, 0.25) is 5.02 Å². The normalized spacial score (nSPS) is 12.6. The molecule has 0 amide bonds. The van der Waals surface area contributed by atoms with Crippen molar-refractivity contribution in [3.8, 4) is 5.75 Å². The highest BCUT2D eigenvalue weighted by molar-refractivity contribution is 6.31. The summed E-state index contributed by atoms with van der Waals surface area (Å²) < 4.78 is 18.3. The third-order valence-corrected chi connectivity index (χ3v) is 2.21. The van der Waals surface area contributed by atoms with Gasteiger partial charge in [0.05, 0.1) is 19.8 Å². The second-order valence-electron chi connectivity index (χ2n) is 2.77. The summed E-state index contributed by atoms with van der Waals surface area (Å²) in [6.07, 6.45) is 0. The molecule has 0 aliphatic heterocycles. The summed E-state index contributed by atoms with van der Waals surface area (Å²) in [5, 5.41) is 8.99. The fourth-order valence-corrected chi connectivity index (χ4v) is 1.42. The van der Waals surface area contributed by atoms with Crippen LogP contribution in [0.5, 0.6) is 5.75 Å². The number of ether oxygens (including phenoxy) is 1. The zero-order valence-corrected chi connectivity index (χ0v) is 8.38. The molecular weight excluding hydrogens is 209 g/mol. The summed E-state index contributed by atoms with van der Waals surface area (Å²) in [6.45, 7) is -0.371. The van der Waals surface area contributed by atoms with E-state index >= 15 is 0 Å². The Kier molecular flexibility index (Phi) is 3.69. The van der Waals surface area contributed by atoms with Crippen LogP contribution in [-0.2, 0) is 0 Å². The lowest BCUT2D eigenvalue weighted by molar-refractivity contribution is 0.264. The number of benzene rings is 1. The second-order valence-corrected chi connectivity index (χ2v) is 3.17. The Morgan fingerprint density at radius 1 is 1.64 bits per heavy atom. The second kappa shape index (κ2) is 4.59. The average molecular weight is 220 g/mol. The zero-order chi connectivity index (χ0) is 10.7. The molecule has 1 rings (SSSR count). The van der Waals surface area contributed by atoms with Crippen molar-refractivity contribution in [1.29, 1.82) is 0 Å². The van der Waals surface area contributed by atoms with E-state index in [1.54, 1.807) is 0 Å². The molecule has 3 N–H and O–H groups in total. The van der Waals surface area contributed by atoms with Crippen molar-refractivity contribution in [2.75, 3.05) is 13.7 Å². The van der Waals surface area contributed by atoms with E-state index in [0.29, 0.717) is 0 Å². The minimum absolute atomic E-state index is 0.0632. The van der Waals surface area contributed by atoms with Gasteiger partial charge in [0.1, 0.15) is 0 Å². The van der Waals surface area contributed by atoms with Crippen LogP contribution in [0.25, 0.3) is 0 Å². The van der Waals surface area contributed by atoms with Crippen molar-refractivity contribution in [2.24, 2.45) is 5.73 Å². The summed E-state index contributed by atoms with van der Waals surface area (Å²) >= 11 is 5.75. The summed E-state index contributed by atoms with van der Waals surface area (Å²) in [5.74, 6) is -0.560. The van der Waals surface area contributed by atoms with Crippen molar-refractivity contribution in [3.05, 3.63) is 28.5 Å². The van der Waals surface area contributed by atoms with Crippen LogP contribution < -0.4 is 10.5 Å².